The van der Waals surface area contributed by atoms with Gasteiger partial charge < -0.3 is 19.2 Å². The van der Waals surface area contributed by atoms with Crippen molar-refractivity contribution in [1.82, 2.24) is 9.97 Å². The van der Waals surface area contributed by atoms with Crippen LogP contribution in [0.15, 0.2) is 28.9 Å². The molecule has 1 N–H and O–H groups in total. The number of nitrogens with one attached hydrogen (secondary N) is 1. The molecule has 0 saturated heterocycles. The molecule has 3 aromatic rings. The highest BCUT2D eigenvalue weighted by atomic mass is 35.5. The predicted octanol–water partition coefficient (Wildman–Crippen LogP) is 5.69. The standard InChI is InChI=1S/C21H24ClN3O3/c1-4-9-26-17-8-7-14-18(28-12(2)3)10-15(24-20(14)19(17)22)16-11-27-21(25-16)23-13-5-6-13/h7-8,10-13H,4-6,9H2,1-3H3,(H,23,25). The van der Waals surface area contributed by atoms with Crippen molar-refractivity contribution < 1.29 is 13.9 Å². The second-order valence-electron chi connectivity index (χ2n) is 7.25. The number of fused-ring (bicyclic) bond motifs is 1. The monoisotopic (exact) mass is 401 g/mol. The molecule has 0 unspecified atom stereocenters. The number of rotatable bonds is 8. The summed E-state index contributed by atoms with van der Waals surface area (Å²) in [6.45, 7) is 6.62. The van der Waals surface area contributed by atoms with E-state index in [-0.39, 0.29) is 6.10 Å². The van der Waals surface area contributed by atoms with Crippen LogP contribution in [0.3, 0.4) is 0 Å². The number of hydrogen-bond acceptors (Lipinski definition) is 6. The Bertz CT molecular complexity index is 982. The van der Waals surface area contributed by atoms with Crippen molar-refractivity contribution in [2.24, 2.45) is 0 Å². The summed E-state index contributed by atoms with van der Waals surface area (Å²) in [5.74, 6) is 1.33. The Hall–Kier alpha value is -2.47. The van der Waals surface area contributed by atoms with Gasteiger partial charge in [-0.25, -0.2) is 4.98 Å². The first-order valence-electron chi connectivity index (χ1n) is 9.70. The Morgan fingerprint density at radius 2 is 2.04 bits per heavy atom. The van der Waals surface area contributed by atoms with Crippen molar-refractivity contribution >= 4 is 28.5 Å². The molecular weight excluding hydrogens is 378 g/mol. The number of hydrogen-bond donors (Lipinski definition) is 1. The largest absolute Gasteiger partial charge is 0.492 e. The van der Waals surface area contributed by atoms with Crippen LogP contribution in [0.25, 0.3) is 22.3 Å². The minimum absolute atomic E-state index is 0.0117. The molecule has 2 aromatic heterocycles. The molecule has 0 aliphatic heterocycles. The highest BCUT2D eigenvalue weighted by molar-refractivity contribution is 6.36. The zero-order chi connectivity index (χ0) is 19.7. The smallest absolute Gasteiger partial charge is 0.295 e. The van der Waals surface area contributed by atoms with Crippen molar-refractivity contribution in [3.8, 4) is 22.9 Å². The molecule has 4 rings (SSSR count). The number of benzene rings is 1. The minimum atomic E-state index is 0.0117. The van der Waals surface area contributed by atoms with Gasteiger partial charge in [-0.05, 0) is 45.2 Å². The van der Waals surface area contributed by atoms with Crippen molar-refractivity contribution in [2.45, 2.75) is 52.2 Å². The topological polar surface area (TPSA) is 69.4 Å². The molecule has 0 atom stereocenters. The molecule has 1 aliphatic carbocycles. The first-order chi connectivity index (χ1) is 13.5. The van der Waals surface area contributed by atoms with Crippen molar-refractivity contribution in [3.63, 3.8) is 0 Å². The second kappa shape index (κ2) is 7.87. The van der Waals surface area contributed by atoms with E-state index in [2.05, 4.69) is 17.2 Å². The zero-order valence-corrected chi connectivity index (χ0v) is 17.0. The molecule has 2 heterocycles. The molecule has 0 bridgehead atoms. The number of anilines is 1. The molecule has 0 amide bonds. The Morgan fingerprint density at radius 3 is 2.75 bits per heavy atom. The van der Waals surface area contributed by atoms with E-state index >= 15 is 0 Å². The third-order valence-electron chi connectivity index (χ3n) is 4.34. The molecule has 6 nitrogen and oxygen atoms in total. The fraction of sp³-hybridized carbons (Fsp3) is 0.429. The number of pyridine rings is 1. The van der Waals surface area contributed by atoms with E-state index in [1.807, 2.05) is 32.0 Å². The van der Waals surface area contributed by atoms with E-state index < -0.39 is 0 Å². The highest BCUT2D eigenvalue weighted by Crippen LogP contribution is 2.38. The molecule has 148 valence electrons. The summed E-state index contributed by atoms with van der Waals surface area (Å²) in [5, 5.41) is 4.56. The lowest BCUT2D eigenvalue weighted by Gasteiger charge is -2.15. The maximum absolute atomic E-state index is 6.63. The number of halogens is 1. The lowest BCUT2D eigenvalue weighted by atomic mass is 10.1. The van der Waals surface area contributed by atoms with Crippen LogP contribution < -0.4 is 14.8 Å². The summed E-state index contributed by atoms with van der Waals surface area (Å²) in [6.07, 6.45) is 4.81. The molecule has 1 fully saturated rings. The van der Waals surface area contributed by atoms with Gasteiger partial charge in [-0.2, -0.15) is 4.98 Å². The number of ether oxygens (including phenoxy) is 2. The number of nitrogens with zero attached hydrogens (tertiary/aromatic N) is 2. The molecule has 7 heteroatoms. The SMILES string of the molecule is CCCOc1ccc2c(OC(C)C)cc(-c3coc(NC4CC4)n3)nc2c1Cl. The van der Waals surface area contributed by atoms with Gasteiger partial charge in [0.25, 0.3) is 6.01 Å². The van der Waals surface area contributed by atoms with Gasteiger partial charge in [-0.3, -0.25) is 0 Å². The molecule has 28 heavy (non-hydrogen) atoms. The average Bonchev–Trinajstić information content (AvgIpc) is 3.35. The summed E-state index contributed by atoms with van der Waals surface area (Å²) < 4.78 is 17.3. The van der Waals surface area contributed by atoms with Crippen LogP contribution in [0.2, 0.25) is 5.02 Å². The first-order valence-corrected chi connectivity index (χ1v) is 10.1. The molecule has 0 radical (unpaired) electrons. The van der Waals surface area contributed by atoms with Gasteiger partial charge >= 0.3 is 0 Å². The van der Waals surface area contributed by atoms with E-state index in [1.54, 1.807) is 6.26 Å². The van der Waals surface area contributed by atoms with Crippen LogP contribution in [0.4, 0.5) is 6.01 Å². The van der Waals surface area contributed by atoms with E-state index in [9.17, 15) is 0 Å². The highest BCUT2D eigenvalue weighted by Gasteiger charge is 2.23. The summed E-state index contributed by atoms with van der Waals surface area (Å²) in [5.41, 5.74) is 1.91. The van der Waals surface area contributed by atoms with Gasteiger partial charge in [-0.15, -0.1) is 0 Å². The maximum atomic E-state index is 6.63. The van der Waals surface area contributed by atoms with E-state index in [0.717, 1.165) is 24.6 Å². The van der Waals surface area contributed by atoms with Crippen molar-refractivity contribution in [3.05, 3.63) is 29.5 Å². The summed E-state index contributed by atoms with van der Waals surface area (Å²) in [7, 11) is 0. The normalized spacial score (nSPS) is 13.9. The van der Waals surface area contributed by atoms with Crippen LogP contribution >= 0.6 is 11.6 Å². The minimum Gasteiger partial charge on any atom is -0.492 e. The lowest BCUT2D eigenvalue weighted by molar-refractivity contribution is 0.245. The molecule has 1 aromatic carbocycles. The van der Waals surface area contributed by atoms with Crippen molar-refractivity contribution in [2.75, 3.05) is 11.9 Å². The summed E-state index contributed by atoms with van der Waals surface area (Å²) >= 11 is 6.63. The van der Waals surface area contributed by atoms with Gasteiger partial charge in [0.2, 0.25) is 0 Å². The van der Waals surface area contributed by atoms with E-state index in [0.29, 0.717) is 52.1 Å². The van der Waals surface area contributed by atoms with Gasteiger partial charge in [0.15, 0.2) is 0 Å². The Kier molecular flexibility index (Phi) is 5.31. The van der Waals surface area contributed by atoms with Crippen LogP contribution in [0.5, 0.6) is 11.5 Å². The van der Waals surface area contributed by atoms with Gasteiger partial charge in [-0.1, -0.05) is 18.5 Å². The Morgan fingerprint density at radius 1 is 1.21 bits per heavy atom. The molecular formula is C21H24ClN3O3. The average molecular weight is 402 g/mol. The van der Waals surface area contributed by atoms with Gasteiger partial charge in [0.1, 0.15) is 28.5 Å². The third kappa shape index (κ3) is 4.02. The lowest BCUT2D eigenvalue weighted by Crippen LogP contribution is -2.07. The fourth-order valence-corrected chi connectivity index (χ4v) is 3.14. The number of aromatic nitrogens is 2. The third-order valence-corrected chi connectivity index (χ3v) is 4.71. The molecule has 1 aliphatic rings. The fourth-order valence-electron chi connectivity index (χ4n) is 2.87. The van der Waals surface area contributed by atoms with Gasteiger partial charge in [0.05, 0.1) is 23.9 Å². The number of oxazole rings is 1. The first kappa shape index (κ1) is 18.9. The quantitative estimate of drug-likeness (QED) is 0.522. The Labute approximate surface area is 169 Å². The van der Waals surface area contributed by atoms with Gasteiger partial charge in [0, 0.05) is 17.5 Å². The summed E-state index contributed by atoms with van der Waals surface area (Å²) in [6, 6.07) is 6.65. The second-order valence-corrected chi connectivity index (χ2v) is 7.63. The van der Waals surface area contributed by atoms with Crippen LogP contribution in [0, 0.1) is 0 Å². The van der Waals surface area contributed by atoms with Crippen LogP contribution in [0.1, 0.15) is 40.0 Å². The maximum Gasteiger partial charge on any atom is 0.295 e. The van der Waals surface area contributed by atoms with Crippen molar-refractivity contribution in [1.29, 1.82) is 0 Å². The van der Waals surface area contributed by atoms with E-state index in [1.165, 1.54) is 0 Å². The van der Waals surface area contributed by atoms with Crippen LogP contribution in [-0.4, -0.2) is 28.7 Å². The Balaban J connectivity index is 1.78. The predicted molar refractivity (Wildman–Crippen MR) is 110 cm³/mol. The van der Waals surface area contributed by atoms with Crippen LogP contribution in [-0.2, 0) is 0 Å². The van der Waals surface area contributed by atoms with E-state index in [4.69, 9.17) is 30.5 Å². The molecule has 1 saturated carbocycles. The zero-order valence-electron chi connectivity index (χ0n) is 16.3. The summed E-state index contributed by atoms with van der Waals surface area (Å²) in [4.78, 5) is 9.27. The molecule has 0 spiro atoms.